The standard InChI is InChI=1S/C21H27NO6S/c1-25-13-14-28-16-6-9-18(10-7-16)29(23,24)22-12-4-5-20(22)19-15-17(26-2)8-11-21(19)27-3/h6-11,15,20H,4-5,12-14H2,1-3H3. The van der Waals surface area contributed by atoms with E-state index < -0.39 is 10.0 Å². The second kappa shape index (κ2) is 9.47. The van der Waals surface area contributed by atoms with Gasteiger partial charge in [-0.2, -0.15) is 4.31 Å². The highest BCUT2D eigenvalue weighted by Crippen LogP contribution is 2.41. The molecule has 2 aromatic rings. The summed E-state index contributed by atoms with van der Waals surface area (Å²) in [5.41, 5.74) is 0.812. The van der Waals surface area contributed by atoms with Crippen molar-refractivity contribution in [3.63, 3.8) is 0 Å². The van der Waals surface area contributed by atoms with Gasteiger partial charge in [0.1, 0.15) is 23.9 Å². The van der Waals surface area contributed by atoms with Crippen molar-refractivity contribution in [2.75, 3.05) is 41.1 Å². The molecule has 29 heavy (non-hydrogen) atoms. The van der Waals surface area contributed by atoms with E-state index >= 15 is 0 Å². The summed E-state index contributed by atoms with van der Waals surface area (Å²) < 4.78 is 49.5. The minimum atomic E-state index is -3.67. The molecule has 1 heterocycles. The molecule has 0 aromatic heterocycles. The fourth-order valence-electron chi connectivity index (χ4n) is 3.52. The maximum Gasteiger partial charge on any atom is 0.243 e. The van der Waals surface area contributed by atoms with E-state index in [0.29, 0.717) is 37.0 Å². The third-order valence-electron chi connectivity index (χ3n) is 4.99. The summed E-state index contributed by atoms with van der Waals surface area (Å²) in [4.78, 5) is 0.241. The average molecular weight is 422 g/mol. The fraction of sp³-hybridized carbons (Fsp3) is 0.429. The van der Waals surface area contributed by atoms with Crippen LogP contribution in [0.15, 0.2) is 47.4 Å². The van der Waals surface area contributed by atoms with E-state index in [9.17, 15) is 8.42 Å². The molecule has 1 atom stereocenters. The van der Waals surface area contributed by atoms with Gasteiger partial charge in [0.25, 0.3) is 0 Å². The molecule has 1 saturated heterocycles. The number of hydrogen-bond acceptors (Lipinski definition) is 6. The summed E-state index contributed by atoms with van der Waals surface area (Å²) in [6, 6.07) is 11.7. The van der Waals surface area contributed by atoms with Crippen LogP contribution < -0.4 is 14.2 Å². The van der Waals surface area contributed by atoms with Crippen LogP contribution in [0.25, 0.3) is 0 Å². The van der Waals surface area contributed by atoms with Crippen molar-refractivity contribution in [3.8, 4) is 17.2 Å². The molecular weight excluding hydrogens is 394 g/mol. The summed E-state index contributed by atoms with van der Waals surface area (Å²) in [7, 11) is 1.11. The smallest absolute Gasteiger partial charge is 0.243 e. The molecule has 0 spiro atoms. The van der Waals surface area contributed by atoms with Gasteiger partial charge < -0.3 is 18.9 Å². The number of ether oxygens (including phenoxy) is 4. The molecule has 2 aromatic carbocycles. The number of hydrogen-bond donors (Lipinski definition) is 0. The van der Waals surface area contributed by atoms with Crippen LogP contribution in [0.4, 0.5) is 0 Å². The van der Waals surface area contributed by atoms with Gasteiger partial charge in [0.15, 0.2) is 0 Å². The Morgan fingerprint density at radius 3 is 2.34 bits per heavy atom. The Morgan fingerprint density at radius 1 is 0.966 bits per heavy atom. The molecule has 0 bridgehead atoms. The van der Waals surface area contributed by atoms with Crippen molar-refractivity contribution in [2.45, 2.75) is 23.8 Å². The molecule has 1 aliphatic heterocycles. The largest absolute Gasteiger partial charge is 0.497 e. The average Bonchev–Trinajstić information content (AvgIpc) is 3.24. The van der Waals surface area contributed by atoms with Gasteiger partial charge in [-0.3, -0.25) is 0 Å². The summed E-state index contributed by atoms with van der Waals surface area (Å²) in [5.74, 6) is 1.93. The van der Waals surface area contributed by atoms with E-state index in [1.807, 2.05) is 12.1 Å². The van der Waals surface area contributed by atoms with Crippen LogP contribution in [-0.4, -0.2) is 53.8 Å². The van der Waals surface area contributed by atoms with Crippen LogP contribution in [0.5, 0.6) is 17.2 Å². The summed E-state index contributed by atoms with van der Waals surface area (Å²) in [5, 5.41) is 0. The lowest BCUT2D eigenvalue weighted by Crippen LogP contribution is -2.30. The van der Waals surface area contributed by atoms with Gasteiger partial charge in [-0.05, 0) is 55.3 Å². The highest BCUT2D eigenvalue weighted by molar-refractivity contribution is 7.89. The van der Waals surface area contributed by atoms with Crippen LogP contribution in [0.1, 0.15) is 24.4 Å². The molecule has 1 unspecified atom stereocenters. The molecule has 0 saturated carbocycles. The van der Waals surface area contributed by atoms with Crippen molar-refractivity contribution in [1.29, 1.82) is 0 Å². The summed E-state index contributed by atoms with van der Waals surface area (Å²) in [6.07, 6.45) is 1.50. The molecule has 1 aliphatic rings. The fourth-order valence-corrected chi connectivity index (χ4v) is 5.20. The maximum atomic E-state index is 13.3. The number of sulfonamides is 1. The first-order valence-electron chi connectivity index (χ1n) is 9.47. The van der Waals surface area contributed by atoms with E-state index in [0.717, 1.165) is 18.4 Å². The van der Waals surface area contributed by atoms with Gasteiger partial charge in [0.2, 0.25) is 10.0 Å². The third-order valence-corrected chi connectivity index (χ3v) is 6.91. The Balaban J connectivity index is 1.87. The van der Waals surface area contributed by atoms with Crippen molar-refractivity contribution in [2.24, 2.45) is 0 Å². The predicted octanol–water partition coefficient (Wildman–Crippen LogP) is 3.25. The highest BCUT2D eigenvalue weighted by atomic mass is 32.2. The molecule has 0 amide bonds. The van der Waals surface area contributed by atoms with E-state index in [1.54, 1.807) is 56.0 Å². The lowest BCUT2D eigenvalue weighted by atomic mass is 10.0. The van der Waals surface area contributed by atoms with Crippen LogP contribution >= 0.6 is 0 Å². The Hall–Kier alpha value is -2.29. The monoisotopic (exact) mass is 421 g/mol. The zero-order valence-electron chi connectivity index (χ0n) is 17.0. The molecule has 0 N–H and O–H groups in total. The minimum absolute atomic E-state index is 0.241. The zero-order valence-corrected chi connectivity index (χ0v) is 17.8. The first kappa shape index (κ1) is 21.4. The Morgan fingerprint density at radius 2 is 1.69 bits per heavy atom. The van der Waals surface area contributed by atoms with Gasteiger partial charge in [0, 0.05) is 19.2 Å². The Kier molecular flexibility index (Phi) is 7.00. The summed E-state index contributed by atoms with van der Waals surface area (Å²) in [6.45, 7) is 1.34. The molecule has 158 valence electrons. The van der Waals surface area contributed by atoms with Crippen LogP contribution in [0.3, 0.4) is 0 Å². The minimum Gasteiger partial charge on any atom is -0.497 e. The van der Waals surface area contributed by atoms with Crippen LogP contribution in [-0.2, 0) is 14.8 Å². The van der Waals surface area contributed by atoms with Crippen LogP contribution in [0.2, 0.25) is 0 Å². The number of benzene rings is 2. The molecule has 3 rings (SSSR count). The highest BCUT2D eigenvalue weighted by Gasteiger charge is 2.37. The third kappa shape index (κ3) is 4.66. The second-order valence-electron chi connectivity index (χ2n) is 6.69. The number of nitrogens with zero attached hydrogens (tertiary/aromatic N) is 1. The summed E-state index contributed by atoms with van der Waals surface area (Å²) >= 11 is 0. The lowest BCUT2D eigenvalue weighted by molar-refractivity contribution is 0.146. The van der Waals surface area contributed by atoms with Gasteiger partial charge in [-0.1, -0.05) is 0 Å². The van der Waals surface area contributed by atoms with Crippen molar-refractivity contribution < 1.29 is 27.4 Å². The van der Waals surface area contributed by atoms with E-state index in [4.69, 9.17) is 18.9 Å². The molecule has 8 heteroatoms. The van der Waals surface area contributed by atoms with Gasteiger partial charge in [-0.15, -0.1) is 0 Å². The number of methoxy groups -OCH3 is 3. The van der Waals surface area contributed by atoms with Gasteiger partial charge in [0.05, 0.1) is 31.8 Å². The van der Waals surface area contributed by atoms with Crippen molar-refractivity contribution in [1.82, 2.24) is 4.31 Å². The molecule has 7 nitrogen and oxygen atoms in total. The molecule has 0 radical (unpaired) electrons. The lowest BCUT2D eigenvalue weighted by Gasteiger charge is -2.26. The van der Waals surface area contributed by atoms with Crippen molar-refractivity contribution in [3.05, 3.63) is 48.0 Å². The Bertz CT molecular complexity index is 913. The predicted molar refractivity (Wildman–Crippen MR) is 109 cm³/mol. The first-order chi connectivity index (χ1) is 14.0. The Labute approximate surface area is 172 Å². The van der Waals surface area contributed by atoms with Gasteiger partial charge >= 0.3 is 0 Å². The normalized spacial score (nSPS) is 17.3. The van der Waals surface area contributed by atoms with E-state index in [1.165, 1.54) is 0 Å². The second-order valence-corrected chi connectivity index (χ2v) is 8.58. The first-order valence-corrected chi connectivity index (χ1v) is 10.9. The quantitative estimate of drug-likeness (QED) is 0.579. The number of rotatable bonds is 9. The maximum absolute atomic E-state index is 13.3. The molecule has 0 aliphatic carbocycles. The van der Waals surface area contributed by atoms with Crippen molar-refractivity contribution >= 4 is 10.0 Å². The molecule has 1 fully saturated rings. The SMILES string of the molecule is COCCOc1ccc(S(=O)(=O)N2CCCC2c2cc(OC)ccc2OC)cc1. The van der Waals surface area contributed by atoms with Crippen LogP contribution in [0, 0.1) is 0 Å². The zero-order chi connectivity index (χ0) is 20.9. The van der Waals surface area contributed by atoms with E-state index in [2.05, 4.69) is 0 Å². The molecular formula is C21H27NO6S. The van der Waals surface area contributed by atoms with Gasteiger partial charge in [-0.25, -0.2) is 8.42 Å². The van der Waals surface area contributed by atoms with E-state index in [-0.39, 0.29) is 10.9 Å². The topological polar surface area (TPSA) is 74.3 Å².